The number of aromatic nitrogens is 1. The summed E-state index contributed by atoms with van der Waals surface area (Å²) in [6.07, 6.45) is 4.01. The minimum atomic E-state index is 0.364. The first-order valence-corrected chi connectivity index (χ1v) is 5.49. The molecule has 0 aliphatic rings. The molecule has 13 heavy (non-hydrogen) atoms. The van der Waals surface area contributed by atoms with Crippen molar-refractivity contribution in [2.24, 2.45) is 0 Å². The molecule has 0 amide bonds. The first-order chi connectivity index (χ1) is 6.33. The summed E-state index contributed by atoms with van der Waals surface area (Å²) in [5, 5.41) is 10.6. The second kappa shape index (κ2) is 3.34. The number of H-pyrrole nitrogens is 1. The molecule has 3 heteroatoms. The Bertz CT molecular complexity index is 422. The van der Waals surface area contributed by atoms with Crippen LogP contribution in [0.5, 0.6) is 5.75 Å². The molecule has 0 aliphatic carbocycles. The van der Waals surface area contributed by atoms with Crippen molar-refractivity contribution in [1.82, 2.24) is 4.98 Å². The normalized spacial score (nSPS) is 10.8. The van der Waals surface area contributed by atoms with Gasteiger partial charge in [-0.25, -0.2) is 0 Å². The molecule has 0 spiro atoms. The fraction of sp³-hybridized carbons (Fsp3) is 0.200. The number of thioether (sulfide) groups is 1. The van der Waals surface area contributed by atoms with Crippen LogP contribution in [0.2, 0.25) is 0 Å². The maximum Gasteiger partial charge on any atom is 0.125 e. The summed E-state index contributed by atoms with van der Waals surface area (Å²) in [5.41, 5.74) is 2.17. The number of hydrogen-bond donors (Lipinski definition) is 2. The van der Waals surface area contributed by atoms with E-state index >= 15 is 0 Å². The van der Waals surface area contributed by atoms with Gasteiger partial charge < -0.3 is 10.1 Å². The minimum Gasteiger partial charge on any atom is -0.507 e. The van der Waals surface area contributed by atoms with Gasteiger partial charge in [-0.15, -0.1) is 0 Å². The molecular weight excluding hydrogens is 182 g/mol. The molecule has 68 valence electrons. The lowest BCUT2D eigenvalue weighted by Crippen LogP contribution is -1.76. The summed E-state index contributed by atoms with van der Waals surface area (Å²) in [4.78, 5) is 3.14. The number of rotatable bonds is 2. The zero-order valence-electron chi connectivity index (χ0n) is 7.37. The molecule has 0 unspecified atom stereocenters. The van der Waals surface area contributed by atoms with Gasteiger partial charge in [0.2, 0.25) is 0 Å². The average Bonchev–Trinajstić information content (AvgIpc) is 2.51. The van der Waals surface area contributed by atoms with Crippen molar-refractivity contribution >= 4 is 22.7 Å². The van der Waals surface area contributed by atoms with Crippen LogP contribution in [-0.2, 0) is 5.75 Å². The van der Waals surface area contributed by atoms with E-state index < -0.39 is 0 Å². The zero-order valence-corrected chi connectivity index (χ0v) is 8.19. The largest absolute Gasteiger partial charge is 0.507 e. The van der Waals surface area contributed by atoms with Crippen LogP contribution in [0.25, 0.3) is 10.9 Å². The van der Waals surface area contributed by atoms with Gasteiger partial charge in [0.05, 0.1) is 0 Å². The van der Waals surface area contributed by atoms with Crippen LogP contribution >= 0.6 is 11.8 Å². The molecule has 0 radical (unpaired) electrons. The van der Waals surface area contributed by atoms with Crippen molar-refractivity contribution in [3.05, 3.63) is 30.0 Å². The Hall–Kier alpha value is -1.09. The van der Waals surface area contributed by atoms with E-state index in [-0.39, 0.29) is 0 Å². The molecule has 0 bridgehead atoms. The van der Waals surface area contributed by atoms with Crippen molar-refractivity contribution in [1.29, 1.82) is 0 Å². The van der Waals surface area contributed by atoms with Gasteiger partial charge in [0.15, 0.2) is 0 Å². The highest BCUT2D eigenvalue weighted by atomic mass is 32.2. The predicted molar refractivity (Wildman–Crippen MR) is 57.2 cm³/mol. The third kappa shape index (κ3) is 1.40. The van der Waals surface area contributed by atoms with Gasteiger partial charge in [-0.05, 0) is 24.0 Å². The molecule has 1 heterocycles. The molecule has 2 rings (SSSR count). The molecule has 0 saturated carbocycles. The van der Waals surface area contributed by atoms with E-state index in [9.17, 15) is 5.11 Å². The maximum atomic E-state index is 9.64. The summed E-state index contributed by atoms with van der Waals surface area (Å²) in [6.45, 7) is 0. The molecule has 2 aromatic rings. The van der Waals surface area contributed by atoms with Gasteiger partial charge in [-0.1, -0.05) is 6.07 Å². The molecule has 0 saturated heterocycles. The number of hydrogen-bond acceptors (Lipinski definition) is 2. The topological polar surface area (TPSA) is 36.0 Å². The van der Waals surface area contributed by atoms with E-state index in [1.807, 2.05) is 18.3 Å². The quantitative estimate of drug-likeness (QED) is 0.769. The molecule has 0 fully saturated rings. The van der Waals surface area contributed by atoms with Crippen LogP contribution in [0, 0.1) is 0 Å². The third-order valence-corrected chi connectivity index (χ3v) is 2.66. The number of benzene rings is 1. The van der Waals surface area contributed by atoms with E-state index in [2.05, 4.69) is 11.2 Å². The van der Waals surface area contributed by atoms with Crippen LogP contribution in [0.1, 0.15) is 5.56 Å². The van der Waals surface area contributed by atoms with E-state index in [1.165, 1.54) is 5.56 Å². The Labute approximate surface area is 81.0 Å². The van der Waals surface area contributed by atoms with Gasteiger partial charge in [-0.2, -0.15) is 11.8 Å². The molecule has 1 aromatic heterocycles. The Kier molecular flexibility index (Phi) is 2.19. The SMILES string of the molecule is CSCc1c[nH]c2cccc(O)c12. The lowest BCUT2D eigenvalue weighted by atomic mass is 10.2. The Morgan fingerprint density at radius 1 is 1.46 bits per heavy atom. The molecule has 1 aromatic carbocycles. The summed E-state index contributed by atoms with van der Waals surface area (Å²) in [6, 6.07) is 5.54. The fourth-order valence-electron chi connectivity index (χ4n) is 1.50. The van der Waals surface area contributed by atoms with Crippen molar-refractivity contribution in [2.45, 2.75) is 5.75 Å². The molecule has 2 N–H and O–H groups in total. The zero-order chi connectivity index (χ0) is 9.26. The van der Waals surface area contributed by atoms with E-state index in [0.29, 0.717) is 5.75 Å². The molecular formula is C10H11NOS. The maximum absolute atomic E-state index is 9.64. The molecule has 0 aliphatic heterocycles. The van der Waals surface area contributed by atoms with E-state index in [1.54, 1.807) is 17.8 Å². The number of aromatic hydroxyl groups is 1. The van der Waals surface area contributed by atoms with Crippen molar-refractivity contribution in [2.75, 3.05) is 6.26 Å². The standard InChI is InChI=1S/C10H11NOS/c1-13-6-7-5-11-8-3-2-4-9(12)10(7)8/h2-5,11-12H,6H2,1H3. The van der Waals surface area contributed by atoms with Gasteiger partial charge >= 0.3 is 0 Å². The monoisotopic (exact) mass is 193 g/mol. The Balaban J connectivity index is 2.64. The average molecular weight is 193 g/mol. The second-order valence-corrected chi connectivity index (χ2v) is 3.81. The second-order valence-electron chi connectivity index (χ2n) is 2.95. The molecule has 0 atom stereocenters. The highest BCUT2D eigenvalue weighted by Gasteiger charge is 2.06. The summed E-state index contributed by atoms with van der Waals surface area (Å²) < 4.78 is 0. The van der Waals surface area contributed by atoms with Gasteiger partial charge in [-0.3, -0.25) is 0 Å². The summed E-state index contributed by atoms with van der Waals surface area (Å²) in [7, 11) is 0. The van der Waals surface area contributed by atoms with E-state index in [4.69, 9.17) is 0 Å². The highest BCUT2D eigenvalue weighted by Crippen LogP contribution is 2.29. The number of phenols is 1. The van der Waals surface area contributed by atoms with Crippen molar-refractivity contribution < 1.29 is 5.11 Å². The van der Waals surface area contributed by atoms with Gasteiger partial charge in [0.1, 0.15) is 5.75 Å². The smallest absolute Gasteiger partial charge is 0.125 e. The number of nitrogens with one attached hydrogen (secondary N) is 1. The predicted octanol–water partition coefficient (Wildman–Crippen LogP) is 2.74. The van der Waals surface area contributed by atoms with Crippen LogP contribution in [0.4, 0.5) is 0 Å². The van der Waals surface area contributed by atoms with Crippen LogP contribution in [-0.4, -0.2) is 16.3 Å². The Morgan fingerprint density at radius 2 is 2.31 bits per heavy atom. The third-order valence-electron chi connectivity index (χ3n) is 2.07. The Morgan fingerprint density at radius 3 is 3.08 bits per heavy atom. The minimum absolute atomic E-state index is 0.364. The summed E-state index contributed by atoms with van der Waals surface area (Å²) in [5.74, 6) is 1.29. The molecule has 2 nitrogen and oxygen atoms in total. The fourth-order valence-corrected chi connectivity index (χ4v) is 2.04. The lowest BCUT2D eigenvalue weighted by molar-refractivity contribution is 0.481. The highest BCUT2D eigenvalue weighted by molar-refractivity contribution is 7.97. The van der Waals surface area contributed by atoms with Crippen molar-refractivity contribution in [3.8, 4) is 5.75 Å². The van der Waals surface area contributed by atoms with Crippen LogP contribution in [0.15, 0.2) is 24.4 Å². The van der Waals surface area contributed by atoms with Gasteiger partial charge in [0.25, 0.3) is 0 Å². The number of phenolic OH excluding ortho intramolecular Hbond substituents is 1. The van der Waals surface area contributed by atoms with Crippen molar-refractivity contribution in [3.63, 3.8) is 0 Å². The number of fused-ring (bicyclic) bond motifs is 1. The lowest BCUT2D eigenvalue weighted by Gasteiger charge is -1.98. The first-order valence-electron chi connectivity index (χ1n) is 4.10. The van der Waals surface area contributed by atoms with Crippen LogP contribution in [0.3, 0.4) is 0 Å². The number of aromatic amines is 1. The van der Waals surface area contributed by atoms with E-state index in [0.717, 1.165) is 16.7 Å². The van der Waals surface area contributed by atoms with Crippen LogP contribution < -0.4 is 0 Å². The first kappa shape index (κ1) is 8.51. The van der Waals surface area contributed by atoms with Gasteiger partial charge in [0, 0.05) is 22.9 Å². The summed E-state index contributed by atoms with van der Waals surface area (Å²) >= 11 is 1.75.